The summed E-state index contributed by atoms with van der Waals surface area (Å²) in [7, 11) is 0. The first-order valence-electron chi connectivity index (χ1n) is 14.8. The molecule has 1 aliphatic heterocycles. The molecule has 0 aliphatic carbocycles. The highest BCUT2D eigenvalue weighted by Gasteiger charge is 2.35. The number of furan rings is 1. The molecular weight excluding hydrogens is 766 g/mol. The fourth-order valence-corrected chi connectivity index (χ4v) is 7.87. The molecule has 0 saturated heterocycles. The van der Waals surface area contributed by atoms with Gasteiger partial charge in [0.1, 0.15) is 29.9 Å². The van der Waals surface area contributed by atoms with Crippen LogP contribution in [-0.4, -0.2) is 22.1 Å². The van der Waals surface area contributed by atoms with Crippen molar-refractivity contribution >= 4 is 60.9 Å². The number of nitrogens with zero attached hydrogens (tertiary/aromatic N) is 3. The molecule has 5 aromatic rings. The van der Waals surface area contributed by atoms with Gasteiger partial charge in [-0.15, -0.1) is 0 Å². The van der Waals surface area contributed by atoms with Crippen molar-refractivity contribution in [1.82, 2.24) is 4.57 Å². The minimum absolute atomic E-state index is 0.0847. The van der Waals surface area contributed by atoms with E-state index < -0.39 is 16.9 Å². The van der Waals surface area contributed by atoms with E-state index >= 15 is 0 Å². The van der Waals surface area contributed by atoms with Crippen molar-refractivity contribution < 1.29 is 23.6 Å². The van der Waals surface area contributed by atoms with E-state index in [-0.39, 0.29) is 29.2 Å². The number of rotatable bonds is 9. The smallest absolute Gasteiger partial charge is 0.338 e. The third kappa shape index (κ3) is 6.58. The first-order valence-corrected chi connectivity index (χ1v) is 17.2. The number of non-ortho nitro benzene ring substituents is 1. The summed E-state index contributed by atoms with van der Waals surface area (Å²) < 4.78 is 20.9. The van der Waals surface area contributed by atoms with Crippen LogP contribution in [0.5, 0.6) is 5.75 Å². The van der Waals surface area contributed by atoms with Crippen LogP contribution in [0.1, 0.15) is 42.3 Å². The van der Waals surface area contributed by atoms with Crippen molar-refractivity contribution in [2.45, 2.75) is 33.4 Å². The van der Waals surface area contributed by atoms with Crippen molar-refractivity contribution in [2.24, 2.45) is 4.99 Å². The molecule has 48 heavy (non-hydrogen) atoms. The van der Waals surface area contributed by atoms with Gasteiger partial charge in [0, 0.05) is 17.7 Å². The Hall–Kier alpha value is -4.59. The lowest BCUT2D eigenvalue weighted by atomic mass is 10.0. The third-order valence-electron chi connectivity index (χ3n) is 7.66. The minimum atomic E-state index is -0.984. The van der Waals surface area contributed by atoms with Gasteiger partial charge in [0.05, 0.1) is 36.3 Å². The summed E-state index contributed by atoms with van der Waals surface area (Å²) in [4.78, 5) is 43.4. The summed E-state index contributed by atoms with van der Waals surface area (Å²) in [6, 6.07) is 20.4. The Morgan fingerprint density at radius 2 is 1.81 bits per heavy atom. The molecule has 10 nitrogen and oxygen atoms in total. The van der Waals surface area contributed by atoms with Crippen LogP contribution in [0, 0.1) is 17.0 Å². The molecule has 0 N–H and O–H groups in total. The number of hydrogen-bond donors (Lipinski definition) is 0. The average Bonchev–Trinajstić information content (AvgIpc) is 3.65. The summed E-state index contributed by atoms with van der Waals surface area (Å²) in [6.45, 7) is 5.71. The van der Waals surface area contributed by atoms with Crippen LogP contribution in [-0.2, 0) is 16.1 Å². The maximum Gasteiger partial charge on any atom is 0.338 e. The van der Waals surface area contributed by atoms with Crippen molar-refractivity contribution in [3.63, 3.8) is 0 Å². The zero-order chi connectivity index (χ0) is 34.1. The molecule has 0 spiro atoms. The maximum atomic E-state index is 14.1. The summed E-state index contributed by atoms with van der Waals surface area (Å²) in [5.74, 6) is 0.642. The summed E-state index contributed by atoms with van der Waals surface area (Å²) in [6.07, 6.45) is 1.75. The molecule has 0 unspecified atom stereocenters. The SMILES string of the molecule is CCOC(=O)C1=C(C)N=c2s/c(=C\c3cc(Br)c(OCc4ccccc4)c(Br)c3)c(=O)n2[C@@H]1c1ccc(-c2cc([N+](=O)[O-])ccc2C)o1. The van der Waals surface area contributed by atoms with Crippen LogP contribution in [0.25, 0.3) is 17.4 Å². The third-order valence-corrected chi connectivity index (χ3v) is 9.82. The van der Waals surface area contributed by atoms with E-state index in [1.54, 1.807) is 38.1 Å². The first-order chi connectivity index (χ1) is 23.0. The number of nitro groups is 1. The van der Waals surface area contributed by atoms with Crippen molar-refractivity contribution in [1.29, 1.82) is 0 Å². The lowest BCUT2D eigenvalue weighted by Crippen LogP contribution is -2.39. The number of nitro benzene ring substituents is 1. The number of thiazole rings is 1. The van der Waals surface area contributed by atoms with Crippen molar-refractivity contribution in [2.75, 3.05) is 6.61 Å². The van der Waals surface area contributed by atoms with Gasteiger partial charge in [0.2, 0.25) is 0 Å². The second kappa shape index (κ2) is 13.9. The van der Waals surface area contributed by atoms with Crippen LogP contribution in [0.15, 0.2) is 107 Å². The number of ether oxygens (including phenoxy) is 2. The largest absolute Gasteiger partial charge is 0.487 e. The van der Waals surface area contributed by atoms with Crippen LogP contribution < -0.4 is 19.6 Å². The van der Waals surface area contributed by atoms with Crippen molar-refractivity contribution in [3.05, 3.63) is 145 Å². The van der Waals surface area contributed by atoms with Gasteiger partial charge in [0.15, 0.2) is 4.80 Å². The van der Waals surface area contributed by atoms with E-state index in [4.69, 9.17) is 13.9 Å². The standard InChI is InChI=1S/C35H27Br2N3O7S/c1-4-45-34(42)30-20(3)38-35-39(31(30)28-13-12-27(47-28)24-17-23(40(43)44)11-10-19(24)2)33(41)29(48-35)16-22-14-25(36)32(26(37)15-22)46-18-21-8-6-5-7-9-21/h5-17,31H,4,18H2,1-3H3/b29-16-/t31-/m1/s1. The fourth-order valence-electron chi connectivity index (χ4n) is 5.38. The quantitative estimate of drug-likeness (QED) is 0.0867. The van der Waals surface area contributed by atoms with Gasteiger partial charge in [-0.05, 0) is 99.7 Å². The van der Waals surface area contributed by atoms with Crippen molar-refractivity contribution in [3.8, 4) is 17.1 Å². The molecule has 0 fully saturated rings. The predicted molar refractivity (Wildman–Crippen MR) is 189 cm³/mol. The highest BCUT2D eigenvalue weighted by Crippen LogP contribution is 2.37. The van der Waals surface area contributed by atoms with Crippen LogP contribution in [0.2, 0.25) is 0 Å². The molecule has 1 atom stereocenters. The zero-order valence-corrected chi connectivity index (χ0v) is 29.8. The second-order valence-corrected chi connectivity index (χ2v) is 13.6. The number of carbonyl (C=O) groups is 1. The zero-order valence-electron chi connectivity index (χ0n) is 25.9. The summed E-state index contributed by atoms with van der Waals surface area (Å²) in [5.41, 5.74) is 3.13. The highest BCUT2D eigenvalue weighted by molar-refractivity contribution is 9.11. The first kappa shape index (κ1) is 33.3. The molecule has 0 amide bonds. The molecule has 13 heteroatoms. The number of aromatic nitrogens is 1. The highest BCUT2D eigenvalue weighted by atomic mass is 79.9. The summed E-state index contributed by atoms with van der Waals surface area (Å²) >= 11 is 8.39. The normalized spacial score (nSPS) is 14.4. The molecular formula is C35H27Br2N3O7S. The fraction of sp³-hybridized carbons (Fsp3) is 0.171. The van der Waals surface area contributed by atoms with Gasteiger partial charge in [0.25, 0.3) is 11.2 Å². The topological polar surface area (TPSA) is 126 Å². The molecule has 0 saturated carbocycles. The number of carbonyl (C=O) groups excluding carboxylic acids is 1. The molecule has 0 bridgehead atoms. The van der Waals surface area contributed by atoms with Gasteiger partial charge in [-0.25, -0.2) is 9.79 Å². The van der Waals surface area contributed by atoms with Gasteiger partial charge in [-0.3, -0.25) is 19.5 Å². The van der Waals surface area contributed by atoms with E-state index in [9.17, 15) is 19.7 Å². The van der Waals surface area contributed by atoms with Crippen LogP contribution >= 0.6 is 43.2 Å². The van der Waals surface area contributed by atoms with E-state index in [1.807, 2.05) is 49.4 Å². The van der Waals surface area contributed by atoms with Gasteiger partial charge >= 0.3 is 5.97 Å². The van der Waals surface area contributed by atoms with Crippen LogP contribution in [0.3, 0.4) is 0 Å². The van der Waals surface area contributed by atoms with E-state index in [2.05, 4.69) is 36.9 Å². The number of allylic oxidation sites excluding steroid dienone is 1. The molecule has 3 aromatic carbocycles. The Balaban J connectivity index is 1.42. The Morgan fingerprint density at radius 1 is 1.08 bits per heavy atom. The molecule has 3 heterocycles. The Labute approximate surface area is 295 Å². The van der Waals surface area contributed by atoms with E-state index in [0.29, 0.717) is 47.7 Å². The number of aryl methyl sites for hydroxylation is 1. The Kier molecular flexibility index (Phi) is 9.63. The second-order valence-electron chi connectivity index (χ2n) is 10.8. The number of esters is 1. The molecule has 244 valence electrons. The molecule has 2 aromatic heterocycles. The number of benzene rings is 3. The van der Waals surface area contributed by atoms with Gasteiger partial charge in [-0.2, -0.15) is 0 Å². The number of halogens is 2. The monoisotopic (exact) mass is 791 g/mol. The van der Waals surface area contributed by atoms with Gasteiger partial charge in [-0.1, -0.05) is 47.7 Å². The molecule has 1 aliphatic rings. The molecule has 0 radical (unpaired) electrons. The lowest BCUT2D eigenvalue weighted by molar-refractivity contribution is -0.384. The van der Waals surface area contributed by atoms with Gasteiger partial charge < -0.3 is 13.9 Å². The Bertz CT molecular complexity index is 2270. The maximum absolute atomic E-state index is 14.1. The molecule has 6 rings (SSSR count). The number of fused-ring (bicyclic) bond motifs is 1. The average molecular weight is 793 g/mol. The van der Waals surface area contributed by atoms with Crippen LogP contribution in [0.4, 0.5) is 5.69 Å². The van der Waals surface area contributed by atoms with E-state index in [1.165, 1.54) is 28.0 Å². The number of hydrogen-bond acceptors (Lipinski definition) is 9. The lowest BCUT2D eigenvalue weighted by Gasteiger charge is -2.22. The minimum Gasteiger partial charge on any atom is -0.487 e. The predicted octanol–water partition coefficient (Wildman–Crippen LogP) is 7.38. The van der Waals surface area contributed by atoms with E-state index in [0.717, 1.165) is 16.7 Å². The Morgan fingerprint density at radius 3 is 2.50 bits per heavy atom. The summed E-state index contributed by atoms with van der Waals surface area (Å²) in [5, 5.41) is 11.5.